The SMILES string of the molecule is O=C(Nc1cccc(S(=O)(=O)N2CCOCC2)c1)c1c(F)cccc1Cl. The van der Waals surface area contributed by atoms with E-state index < -0.39 is 21.7 Å². The molecule has 0 spiro atoms. The number of hydrogen-bond acceptors (Lipinski definition) is 4. The van der Waals surface area contributed by atoms with E-state index in [1.807, 2.05) is 0 Å². The van der Waals surface area contributed by atoms with Gasteiger partial charge in [0.15, 0.2) is 0 Å². The average molecular weight is 399 g/mol. The van der Waals surface area contributed by atoms with E-state index in [1.54, 1.807) is 0 Å². The molecule has 1 saturated heterocycles. The number of hydrogen-bond donors (Lipinski definition) is 1. The second-order valence-electron chi connectivity index (χ2n) is 5.60. The van der Waals surface area contributed by atoms with Crippen LogP contribution in [0.15, 0.2) is 47.4 Å². The number of anilines is 1. The van der Waals surface area contributed by atoms with E-state index in [4.69, 9.17) is 16.3 Å². The fourth-order valence-electron chi connectivity index (χ4n) is 2.58. The quantitative estimate of drug-likeness (QED) is 0.859. The van der Waals surface area contributed by atoms with E-state index >= 15 is 0 Å². The second-order valence-corrected chi connectivity index (χ2v) is 7.94. The molecule has 138 valence electrons. The Kier molecular flexibility index (Phi) is 5.57. The highest BCUT2D eigenvalue weighted by Crippen LogP contribution is 2.23. The van der Waals surface area contributed by atoms with Gasteiger partial charge in [-0.3, -0.25) is 4.79 Å². The first-order valence-corrected chi connectivity index (χ1v) is 9.65. The Bertz CT molecular complexity index is 910. The van der Waals surface area contributed by atoms with Crippen molar-refractivity contribution in [3.05, 3.63) is 58.9 Å². The topological polar surface area (TPSA) is 75.7 Å². The lowest BCUT2D eigenvalue weighted by Crippen LogP contribution is -2.40. The van der Waals surface area contributed by atoms with Gasteiger partial charge in [-0.15, -0.1) is 0 Å². The lowest BCUT2D eigenvalue weighted by molar-refractivity contribution is 0.0730. The molecule has 0 radical (unpaired) electrons. The number of morpholine rings is 1. The highest BCUT2D eigenvalue weighted by molar-refractivity contribution is 7.89. The maximum Gasteiger partial charge on any atom is 0.260 e. The Balaban J connectivity index is 1.84. The minimum Gasteiger partial charge on any atom is -0.379 e. The highest BCUT2D eigenvalue weighted by atomic mass is 35.5. The average Bonchev–Trinajstić information content (AvgIpc) is 2.62. The van der Waals surface area contributed by atoms with Crippen molar-refractivity contribution in [2.75, 3.05) is 31.6 Å². The fourth-order valence-corrected chi connectivity index (χ4v) is 4.28. The summed E-state index contributed by atoms with van der Waals surface area (Å²) in [5, 5.41) is 2.46. The molecule has 2 aromatic carbocycles. The number of amides is 1. The van der Waals surface area contributed by atoms with Gasteiger partial charge < -0.3 is 10.1 Å². The zero-order valence-corrected chi connectivity index (χ0v) is 15.2. The molecule has 9 heteroatoms. The molecule has 0 aromatic heterocycles. The van der Waals surface area contributed by atoms with Crippen LogP contribution in [0.4, 0.5) is 10.1 Å². The summed E-state index contributed by atoms with van der Waals surface area (Å²) in [6.45, 7) is 1.20. The normalized spacial score (nSPS) is 15.6. The summed E-state index contributed by atoms with van der Waals surface area (Å²) in [7, 11) is -3.70. The lowest BCUT2D eigenvalue weighted by atomic mass is 10.2. The molecule has 2 aromatic rings. The van der Waals surface area contributed by atoms with Crippen LogP contribution >= 0.6 is 11.6 Å². The smallest absolute Gasteiger partial charge is 0.260 e. The van der Waals surface area contributed by atoms with Crippen LogP contribution in [0.5, 0.6) is 0 Å². The van der Waals surface area contributed by atoms with Gasteiger partial charge >= 0.3 is 0 Å². The Labute approximate surface area is 155 Å². The number of nitrogens with one attached hydrogen (secondary N) is 1. The second kappa shape index (κ2) is 7.71. The van der Waals surface area contributed by atoms with Crippen LogP contribution < -0.4 is 5.32 Å². The molecule has 0 bridgehead atoms. The van der Waals surface area contributed by atoms with Crippen LogP contribution in [-0.2, 0) is 14.8 Å². The number of ether oxygens (including phenoxy) is 1. The number of nitrogens with zero attached hydrogens (tertiary/aromatic N) is 1. The predicted octanol–water partition coefficient (Wildman–Crippen LogP) is 2.75. The molecule has 0 unspecified atom stereocenters. The molecule has 0 aliphatic carbocycles. The molecule has 1 heterocycles. The molecule has 26 heavy (non-hydrogen) atoms. The summed E-state index contributed by atoms with van der Waals surface area (Å²) >= 11 is 5.88. The van der Waals surface area contributed by atoms with Gasteiger partial charge in [-0.1, -0.05) is 23.7 Å². The van der Waals surface area contributed by atoms with Gasteiger partial charge in [-0.05, 0) is 30.3 Å². The molecular formula is C17H16ClFN2O4S. The molecule has 1 aliphatic heterocycles. The Morgan fingerprint density at radius 3 is 2.54 bits per heavy atom. The predicted molar refractivity (Wildman–Crippen MR) is 95.4 cm³/mol. The Morgan fingerprint density at radius 1 is 1.15 bits per heavy atom. The molecule has 1 fully saturated rings. The van der Waals surface area contributed by atoms with Gasteiger partial charge in [-0.2, -0.15) is 4.31 Å². The first-order chi connectivity index (χ1) is 12.4. The van der Waals surface area contributed by atoms with Crippen LogP contribution in [0.25, 0.3) is 0 Å². The van der Waals surface area contributed by atoms with E-state index in [1.165, 1.54) is 40.7 Å². The number of benzene rings is 2. The van der Waals surface area contributed by atoms with Crippen LogP contribution in [0.1, 0.15) is 10.4 Å². The summed E-state index contributed by atoms with van der Waals surface area (Å²) in [5.74, 6) is -1.51. The molecule has 0 saturated carbocycles. The minimum absolute atomic E-state index is 0.0282. The summed E-state index contributed by atoms with van der Waals surface area (Å²) in [6, 6.07) is 9.72. The number of carbonyl (C=O) groups is 1. The van der Waals surface area contributed by atoms with Crippen LogP contribution in [0, 0.1) is 5.82 Å². The molecule has 1 amide bonds. The molecular weight excluding hydrogens is 383 g/mol. The molecule has 0 atom stereocenters. The maximum absolute atomic E-state index is 13.9. The zero-order chi connectivity index (χ0) is 18.7. The van der Waals surface area contributed by atoms with E-state index in [9.17, 15) is 17.6 Å². The minimum atomic E-state index is -3.70. The van der Waals surface area contributed by atoms with Gasteiger partial charge in [0.05, 0.1) is 28.7 Å². The standard InChI is InChI=1S/C17H16ClFN2O4S/c18-14-5-2-6-15(19)16(14)17(22)20-12-3-1-4-13(11-12)26(23,24)21-7-9-25-10-8-21/h1-6,11H,7-10H2,(H,20,22). The maximum atomic E-state index is 13.9. The summed E-state index contributed by atoms with van der Waals surface area (Å²) in [5.41, 5.74) is -0.0701. The Morgan fingerprint density at radius 2 is 1.85 bits per heavy atom. The lowest BCUT2D eigenvalue weighted by Gasteiger charge is -2.26. The number of carbonyl (C=O) groups excluding carboxylic acids is 1. The van der Waals surface area contributed by atoms with Gasteiger partial charge in [0, 0.05) is 18.8 Å². The van der Waals surface area contributed by atoms with E-state index in [2.05, 4.69) is 5.32 Å². The van der Waals surface area contributed by atoms with Crippen molar-refractivity contribution in [3.63, 3.8) is 0 Å². The third-order valence-corrected chi connectivity index (χ3v) is 6.10. The summed E-state index contributed by atoms with van der Waals surface area (Å²) < 4.78 is 45.7. The highest BCUT2D eigenvalue weighted by Gasteiger charge is 2.26. The van der Waals surface area contributed by atoms with Gasteiger partial charge in [0.1, 0.15) is 5.82 Å². The summed E-state index contributed by atoms with van der Waals surface area (Å²) in [4.78, 5) is 12.3. The number of halogens is 2. The van der Waals surface area contributed by atoms with Gasteiger partial charge in [-0.25, -0.2) is 12.8 Å². The zero-order valence-electron chi connectivity index (χ0n) is 13.6. The van der Waals surface area contributed by atoms with Crippen molar-refractivity contribution in [1.82, 2.24) is 4.31 Å². The Hall–Kier alpha value is -2.00. The van der Waals surface area contributed by atoms with E-state index in [0.29, 0.717) is 13.2 Å². The monoisotopic (exact) mass is 398 g/mol. The van der Waals surface area contributed by atoms with Crippen molar-refractivity contribution in [3.8, 4) is 0 Å². The van der Waals surface area contributed by atoms with Crippen molar-refractivity contribution >= 4 is 33.2 Å². The molecule has 6 nitrogen and oxygen atoms in total. The van der Waals surface area contributed by atoms with Crippen molar-refractivity contribution in [1.29, 1.82) is 0 Å². The van der Waals surface area contributed by atoms with Gasteiger partial charge in [0.25, 0.3) is 5.91 Å². The largest absolute Gasteiger partial charge is 0.379 e. The summed E-state index contributed by atoms with van der Waals surface area (Å²) in [6.07, 6.45) is 0. The van der Waals surface area contributed by atoms with Crippen LogP contribution in [0.3, 0.4) is 0 Å². The third-order valence-electron chi connectivity index (χ3n) is 3.89. The van der Waals surface area contributed by atoms with Crippen LogP contribution in [0.2, 0.25) is 5.02 Å². The molecule has 3 rings (SSSR count). The first-order valence-electron chi connectivity index (χ1n) is 7.83. The van der Waals surface area contributed by atoms with Crippen molar-refractivity contribution < 1.29 is 22.3 Å². The van der Waals surface area contributed by atoms with Crippen molar-refractivity contribution in [2.45, 2.75) is 4.90 Å². The first kappa shape index (κ1) is 18.8. The van der Waals surface area contributed by atoms with Crippen molar-refractivity contribution in [2.24, 2.45) is 0 Å². The van der Waals surface area contributed by atoms with Crippen LogP contribution in [-0.4, -0.2) is 44.9 Å². The van der Waals surface area contributed by atoms with E-state index in [0.717, 1.165) is 6.07 Å². The van der Waals surface area contributed by atoms with Gasteiger partial charge in [0.2, 0.25) is 10.0 Å². The fraction of sp³-hybridized carbons (Fsp3) is 0.235. The van der Waals surface area contributed by atoms with E-state index in [-0.39, 0.29) is 34.3 Å². The third kappa shape index (κ3) is 3.88. The molecule has 1 N–H and O–H groups in total. The number of rotatable bonds is 4. The number of sulfonamides is 1. The molecule has 1 aliphatic rings.